The second-order valence-electron chi connectivity index (χ2n) is 8.56. The van der Waals surface area contributed by atoms with Gasteiger partial charge in [0.15, 0.2) is 0 Å². The number of rotatable bonds is 0. The minimum absolute atomic E-state index is 0.572. The van der Waals surface area contributed by atoms with Gasteiger partial charge >= 0.3 is 0 Å². The Morgan fingerprint density at radius 3 is 1.54 bits per heavy atom. The first-order chi connectivity index (χ1) is 23.5. The van der Waals surface area contributed by atoms with Crippen molar-refractivity contribution in [1.82, 2.24) is 19.9 Å². The van der Waals surface area contributed by atoms with E-state index < -0.39 is 0 Å². The van der Waals surface area contributed by atoms with Gasteiger partial charge in [0.25, 0.3) is 0 Å². The fraction of sp³-hybridized carbons (Fsp3) is 0.200. The van der Waals surface area contributed by atoms with Gasteiger partial charge in [-0.25, -0.2) is 19.9 Å². The van der Waals surface area contributed by atoms with Crippen molar-refractivity contribution in [2.75, 3.05) is 22.9 Å². The van der Waals surface area contributed by atoms with Crippen LogP contribution >= 0.6 is 0 Å². The number of pyridine rings is 4. The highest BCUT2D eigenvalue weighted by molar-refractivity contribution is 5.90. The summed E-state index contributed by atoms with van der Waals surface area (Å²) in [6.07, 6.45) is 5.16. The molecule has 0 aliphatic heterocycles. The average Bonchev–Trinajstić information content (AvgIpc) is 3.16. The maximum atomic E-state index is 5.65. The molecule has 0 fully saturated rings. The number of hydrogen-bond acceptors (Lipinski definition) is 8. The third-order valence-electron chi connectivity index (χ3n) is 5.66. The summed E-state index contributed by atoms with van der Waals surface area (Å²) < 4.78 is 0. The highest BCUT2D eigenvalue weighted by atomic mass is 14.8. The lowest BCUT2D eigenvalue weighted by molar-refractivity contribution is 1.34. The summed E-state index contributed by atoms with van der Waals surface area (Å²) in [4.78, 5) is 15.9. The van der Waals surface area contributed by atoms with Crippen LogP contribution in [0.25, 0.3) is 32.4 Å². The summed E-state index contributed by atoms with van der Waals surface area (Å²) in [5.74, 6) is 2.32. The molecule has 254 valence electrons. The molecule has 0 radical (unpaired) electrons. The Kier molecular flexibility index (Phi) is 23.3. The van der Waals surface area contributed by atoms with E-state index >= 15 is 0 Å². The van der Waals surface area contributed by atoms with Crippen molar-refractivity contribution >= 4 is 55.7 Å². The topological polar surface area (TPSA) is 156 Å². The lowest BCUT2D eigenvalue weighted by atomic mass is 10.2. The van der Waals surface area contributed by atoms with Crippen molar-refractivity contribution < 1.29 is 0 Å². The Morgan fingerprint density at radius 1 is 0.396 bits per heavy atom. The number of benzene rings is 3. The molecule has 7 aromatic rings. The minimum atomic E-state index is 0.572. The first-order valence-electron chi connectivity index (χ1n) is 16.5. The second-order valence-corrected chi connectivity index (χ2v) is 8.56. The maximum absolute atomic E-state index is 5.65. The molecule has 0 aliphatic carbocycles. The van der Waals surface area contributed by atoms with Gasteiger partial charge in [0, 0.05) is 34.7 Å². The SMILES string of the molecule is CC.CC.CC.CC.Nc1cc2ccccc2cn1.Nc1ccc2ccccc2n1.Nc1ccccn1.Nc1nccc2ccccc12. The molecule has 0 bridgehead atoms. The molecule has 8 heteroatoms. The summed E-state index contributed by atoms with van der Waals surface area (Å²) in [7, 11) is 0. The number of nitrogens with two attached hydrogens (primary N) is 4. The summed E-state index contributed by atoms with van der Waals surface area (Å²) >= 11 is 0. The van der Waals surface area contributed by atoms with Crippen LogP contribution in [0.3, 0.4) is 0 Å². The van der Waals surface area contributed by atoms with Crippen molar-refractivity contribution in [3.63, 3.8) is 0 Å². The van der Waals surface area contributed by atoms with E-state index in [1.165, 1.54) is 0 Å². The first-order valence-corrected chi connectivity index (χ1v) is 16.5. The van der Waals surface area contributed by atoms with Crippen LogP contribution in [0.5, 0.6) is 0 Å². The van der Waals surface area contributed by atoms with Crippen molar-refractivity contribution in [2.45, 2.75) is 55.4 Å². The monoisotopic (exact) mass is 646 g/mol. The third kappa shape index (κ3) is 15.5. The highest BCUT2D eigenvalue weighted by Gasteiger charge is 1.94. The predicted octanol–water partition coefficient (Wildman–Crippen LogP) is 10.2. The minimum Gasteiger partial charge on any atom is -0.384 e. The van der Waals surface area contributed by atoms with Crippen LogP contribution in [0.1, 0.15) is 55.4 Å². The second kappa shape index (κ2) is 26.5. The van der Waals surface area contributed by atoms with E-state index in [9.17, 15) is 0 Å². The lowest BCUT2D eigenvalue weighted by Gasteiger charge is -1.97. The van der Waals surface area contributed by atoms with Crippen molar-refractivity contribution in [2.24, 2.45) is 0 Å². The largest absolute Gasteiger partial charge is 0.384 e. The molecule has 0 amide bonds. The zero-order chi connectivity index (χ0) is 36.2. The van der Waals surface area contributed by atoms with E-state index in [4.69, 9.17) is 22.9 Å². The van der Waals surface area contributed by atoms with Gasteiger partial charge in [-0.3, -0.25) is 0 Å². The number of anilines is 4. The van der Waals surface area contributed by atoms with E-state index in [-0.39, 0.29) is 0 Å². The molecule has 8 N–H and O–H groups in total. The number of hydrogen-bond donors (Lipinski definition) is 4. The predicted molar refractivity (Wildman–Crippen MR) is 213 cm³/mol. The summed E-state index contributed by atoms with van der Waals surface area (Å²) in [5, 5.41) is 5.55. The van der Waals surface area contributed by atoms with Gasteiger partial charge in [0.2, 0.25) is 0 Å². The van der Waals surface area contributed by atoms with Gasteiger partial charge in [0.1, 0.15) is 23.3 Å². The summed E-state index contributed by atoms with van der Waals surface area (Å²) in [6, 6.07) is 36.9. The molecular weight excluding hydrogens is 592 g/mol. The Bertz CT molecular complexity index is 1720. The zero-order valence-corrected chi connectivity index (χ0v) is 29.8. The average molecular weight is 647 g/mol. The van der Waals surface area contributed by atoms with Gasteiger partial charge in [0.05, 0.1) is 5.52 Å². The number of nitrogen functional groups attached to an aromatic ring is 4. The summed E-state index contributed by atoms with van der Waals surface area (Å²) in [5.41, 5.74) is 22.9. The number of nitrogens with zero attached hydrogens (tertiary/aromatic N) is 4. The van der Waals surface area contributed by atoms with Gasteiger partial charge < -0.3 is 22.9 Å². The van der Waals surface area contributed by atoms with E-state index in [2.05, 4.69) is 19.9 Å². The Hall–Kier alpha value is -5.76. The van der Waals surface area contributed by atoms with Gasteiger partial charge in [-0.1, -0.05) is 128 Å². The molecule has 0 unspecified atom stereocenters. The van der Waals surface area contributed by atoms with Crippen LogP contribution in [-0.2, 0) is 0 Å². The summed E-state index contributed by atoms with van der Waals surface area (Å²) in [6.45, 7) is 16.0. The van der Waals surface area contributed by atoms with Crippen LogP contribution in [0.15, 0.2) is 134 Å². The molecule has 7 rings (SSSR count). The smallest absolute Gasteiger partial charge is 0.131 e. The van der Waals surface area contributed by atoms with E-state index in [0.717, 1.165) is 32.4 Å². The van der Waals surface area contributed by atoms with E-state index in [0.29, 0.717) is 23.3 Å². The molecule has 4 heterocycles. The van der Waals surface area contributed by atoms with E-state index in [1.807, 2.05) is 165 Å². The highest BCUT2D eigenvalue weighted by Crippen LogP contribution is 2.17. The lowest BCUT2D eigenvalue weighted by Crippen LogP contribution is -1.89. The molecule has 4 aromatic heterocycles. The number of aromatic nitrogens is 4. The molecule has 3 aromatic carbocycles. The molecule has 0 saturated carbocycles. The zero-order valence-electron chi connectivity index (χ0n) is 29.8. The quantitative estimate of drug-likeness (QED) is 0.127. The molecule has 0 aliphatic rings. The molecule has 0 saturated heterocycles. The van der Waals surface area contributed by atoms with E-state index in [1.54, 1.807) is 24.7 Å². The Balaban J connectivity index is 0.000000578. The molecule has 8 nitrogen and oxygen atoms in total. The number of fused-ring (bicyclic) bond motifs is 3. The fourth-order valence-electron chi connectivity index (χ4n) is 3.70. The van der Waals surface area contributed by atoms with Gasteiger partial charge in [-0.2, -0.15) is 0 Å². The van der Waals surface area contributed by atoms with Crippen molar-refractivity contribution in [1.29, 1.82) is 0 Å². The standard InChI is InChI=1S/3C9H8N2.C5H6N2.4C2H6/c10-9-5-7-3-1-2-4-8(7)6-11-9;10-9-8-4-2-1-3-7(8)5-6-11-9;10-9-6-5-7-3-1-2-4-8(7)11-9;6-5-3-1-2-4-7-5;4*1-2/h3*1-6H,(H2,10,11);1-4H,(H2,6,7);4*1-2H3. The molecule has 0 spiro atoms. The number of para-hydroxylation sites is 1. The molecular formula is C40H54N8. The normalized spacial score (nSPS) is 8.75. The Labute approximate surface area is 287 Å². The van der Waals surface area contributed by atoms with Crippen LogP contribution in [0.4, 0.5) is 23.3 Å². The van der Waals surface area contributed by atoms with Gasteiger partial charge in [-0.05, 0) is 53.2 Å². The first kappa shape index (κ1) is 42.2. The molecule has 48 heavy (non-hydrogen) atoms. The third-order valence-corrected chi connectivity index (χ3v) is 5.66. The molecule has 0 atom stereocenters. The van der Waals surface area contributed by atoms with Crippen molar-refractivity contribution in [3.8, 4) is 0 Å². The van der Waals surface area contributed by atoms with Crippen LogP contribution in [0.2, 0.25) is 0 Å². The fourth-order valence-corrected chi connectivity index (χ4v) is 3.70. The van der Waals surface area contributed by atoms with Crippen LogP contribution in [-0.4, -0.2) is 19.9 Å². The Morgan fingerprint density at radius 2 is 0.958 bits per heavy atom. The van der Waals surface area contributed by atoms with Gasteiger partial charge in [-0.15, -0.1) is 0 Å². The van der Waals surface area contributed by atoms with Crippen molar-refractivity contribution in [3.05, 3.63) is 134 Å². The maximum Gasteiger partial charge on any atom is 0.131 e. The van der Waals surface area contributed by atoms with Crippen LogP contribution in [0, 0.1) is 0 Å². The van der Waals surface area contributed by atoms with Crippen LogP contribution < -0.4 is 22.9 Å².